The van der Waals surface area contributed by atoms with Crippen molar-refractivity contribution in [2.45, 2.75) is 6.04 Å². The van der Waals surface area contributed by atoms with Gasteiger partial charge in [0.15, 0.2) is 0 Å². The largest absolute Gasteiger partial charge is 0.328 e. The first-order chi connectivity index (χ1) is 10.0. The van der Waals surface area contributed by atoms with Gasteiger partial charge in [-0.05, 0) is 36.2 Å². The molecule has 0 bridgehead atoms. The van der Waals surface area contributed by atoms with Crippen LogP contribution in [0.3, 0.4) is 0 Å². The number of halogens is 1. The molecule has 6 heteroatoms. The molecule has 3 rings (SSSR count). The molecule has 0 aliphatic rings. The number of hydrogen-bond acceptors (Lipinski definition) is 3. The van der Waals surface area contributed by atoms with Gasteiger partial charge in [0.2, 0.25) is 0 Å². The molecule has 0 spiro atoms. The first-order valence-electron chi connectivity index (χ1n) is 6.60. The van der Waals surface area contributed by atoms with Crippen molar-refractivity contribution in [2.75, 3.05) is 7.05 Å². The Morgan fingerprint density at radius 3 is 2.52 bits per heavy atom. The van der Waals surface area contributed by atoms with Crippen molar-refractivity contribution in [1.82, 2.24) is 14.5 Å². The van der Waals surface area contributed by atoms with Crippen LogP contribution >= 0.6 is 22.9 Å². The lowest BCUT2D eigenvalue weighted by Gasteiger charge is -2.16. The van der Waals surface area contributed by atoms with E-state index < -0.39 is 0 Å². The maximum Gasteiger partial charge on any atom is 0.328 e. The maximum absolute atomic E-state index is 12.0. The zero-order valence-corrected chi connectivity index (χ0v) is 13.6. The van der Waals surface area contributed by atoms with Crippen LogP contribution in [0.5, 0.6) is 0 Å². The van der Waals surface area contributed by atoms with Gasteiger partial charge in [0.25, 0.3) is 0 Å². The molecule has 0 radical (unpaired) electrons. The van der Waals surface area contributed by atoms with Crippen molar-refractivity contribution in [2.24, 2.45) is 14.1 Å². The summed E-state index contributed by atoms with van der Waals surface area (Å²) < 4.78 is 3.33. The van der Waals surface area contributed by atoms with E-state index in [1.54, 1.807) is 34.6 Å². The highest BCUT2D eigenvalue weighted by Crippen LogP contribution is 2.33. The van der Waals surface area contributed by atoms with Gasteiger partial charge in [0, 0.05) is 19.0 Å². The molecule has 1 N–H and O–H groups in total. The van der Waals surface area contributed by atoms with E-state index in [9.17, 15) is 4.79 Å². The number of imidazole rings is 1. The van der Waals surface area contributed by atoms with Crippen molar-refractivity contribution < 1.29 is 0 Å². The normalized spacial score (nSPS) is 13.0. The fourth-order valence-electron chi connectivity index (χ4n) is 2.66. The predicted octanol–water partition coefficient (Wildman–Crippen LogP) is 2.90. The standard InChI is InChI=1S/C15H16ClN3OS/c1-17-13(14-10(16)6-7-21-14)9-4-5-11-12(8-9)19(3)15(20)18(11)2/h4-8,13,17H,1-3H3. The lowest BCUT2D eigenvalue weighted by atomic mass is 10.0. The Hall–Kier alpha value is -1.56. The van der Waals surface area contributed by atoms with E-state index in [2.05, 4.69) is 5.32 Å². The minimum atomic E-state index is -0.0164. The average Bonchev–Trinajstić information content (AvgIpc) is 2.99. The molecule has 2 aromatic heterocycles. The van der Waals surface area contributed by atoms with Gasteiger partial charge in [-0.15, -0.1) is 11.3 Å². The highest BCUT2D eigenvalue weighted by molar-refractivity contribution is 7.10. The van der Waals surface area contributed by atoms with E-state index in [1.807, 2.05) is 36.7 Å². The molecule has 21 heavy (non-hydrogen) atoms. The summed E-state index contributed by atoms with van der Waals surface area (Å²) in [5.74, 6) is 0. The highest BCUT2D eigenvalue weighted by atomic mass is 35.5. The third kappa shape index (κ3) is 2.21. The summed E-state index contributed by atoms with van der Waals surface area (Å²) in [6.45, 7) is 0. The van der Waals surface area contributed by atoms with Crippen LogP contribution in [-0.2, 0) is 14.1 Å². The zero-order chi connectivity index (χ0) is 15.1. The number of rotatable bonds is 3. The first-order valence-corrected chi connectivity index (χ1v) is 7.86. The Balaban J connectivity index is 2.18. The molecule has 0 aliphatic heterocycles. The van der Waals surface area contributed by atoms with Gasteiger partial charge in [-0.1, -0.05) is 17.7 Å². The van der Waals surface area contributed by atoms with Gasteiger partial charge < -0.3 is 5.32 Å². The third-order valence-corrected chi connectivity index (χ3v) is 5.25. The van der Waals surface area contributed by atoms with Gasteiger partial charge in [0.05, 0.1) is 22.1 Å². The average molecular weight is 322 g/mol. The fraction of sp³-hybridized carbons (Fsp3) is 0.267. The number of aryl methyl sites for hydroxylation is 2. The van der Waals surface area contributed by atoms with Crippen molar-refractivity contribution in [3.8, 4) is 0 Å². The monoisotopic (exact) mass is 321 g/mol. The molecule has 0 amide bonds. The van der Waals surface area contributed by atoms with E-state index in [-0.39, 0.29) is 11.7 Å². The SMILES string of the molecule is CNC(c1ccc2c(c1)n(C)c(=O)n2C)c1sccc1Cl. The molecule has 4 nitrogen and oxygen atoms in total. The summed E-state index contributed by atoms with van der Waals surface area (Å²) >= 11 is 7.88. The Bertz CT molecular complexity index is 862. The van der Waals surface area contributed by atoms with Crippen LogP contribution < -0.4 is 11.0 Å². The summed E-state index contributed by atoms with van der Waals surface area (Å²) in [5, 5.41) is 6.05. The first kappa shape index (κ1) is 14.4. The summed E-state index contributed by atoms with van der Waals surface area (Å²) in [7, 11) is 5.49. The smallest absolute Gasteiger partial charge is 0.309 e. The molecule has 1 unspecified atom stereocenters. The third-order valence-electron chi connectivity index (χ3n) is 3.83. The Kier molecular flexibility index (Phi) is 3.65. The topological polar surface area (TPSA) is 39.0 Å². The summed E-state index contributed by atoms with van der Waals surface area (Å²) in [4.78, 5) is 13.1. The summed E-state index contributed by atoms with van der Waals surface area (Å²) in [5.41, 5.74) is 2.93. The number of thiophene rings is 1. The lowest BCUT2D eigenvalue weighted by Crippen LogP contribution is -2.19. The van der Waals surface area contributed by atoms with Crippen LogP contribution in [0.1, 0.15) is 16.5 Å². The van der Waals surface area contributed by atoms with E-state index in [4.69, 9.17) is 11.6 Å². The second kappa shape index (κ2) is 5.33. The summed E-state index contributed by atoms with van der Waals surface area (Å²) in [6.07, 6.45) is 0. The van der Waals surface area contributed by atoms with Crippen molar-refractivity contribution in [1.29, 1.82) is 0 Å². The quantitative estimate of drug-likeness (QED) is 0.805. The van der Waals surface area contributed by atoms with E-state index in [1.165, 1.54) is 0 Å². The maximum atomic E-state index is 12.0. The Labute approximate surface area is 131 Å². The van der Waals surface area contributed by atoms with Gasteiger partial charge in [0.1, 0.15) is 0 Å². The van der Waals surface area contributed by atoms with E-state index in [0.29, 0.717) is 0 Å². The number of aromatic nitrogens is 2. The molecule has 110 valence electrons. The zero-order valence-electron chi connectivity index (χ0n) is 12.1. The van der Waals surface area contributed by atoms with Crippen LogP contribution in [0.4, 0.5) is 0 Å². The van der Waals surface area contributed by atoms with Crippen LogP contribution in [0.25, 0.3) is 11.0 Å². The predicted molar refractivity (Wildman–Crippen MR) is 88.4 cm³/mol. The summed E-state index contributed by atoms with van der Waals surface area (Å²) in [6, 6.07) is 8.00. The Morgan fingerprint density at radius 2 is 1.90 bits per heavy atom. The van der Waals surface area contributed by atoms with Crippen molar-refractivity contribution in [3.05, 3.63) is 55.6 Å². The van der Waals surface area contributed by atoms with Crippen LogP contribution in [0, 0.1) is 0 Å². The van der Waals surface area contributed by atoms with Gasteiger partial charge >= 0.3 is 5.69 Å². The molecule has 0 saturated carbocycles. The van der Waals surface area contributed by atoms with E-state index >= 15 is 0 Å². The number of nitrogens with one attached hydrogen (secondary N) is 1. The second-order valence-electron chi connectivity index (χ2n) is 5.00. The molecule has 0 saturated heterocycles. The molecule has 2 heterocycles. The Morgan fingerprint density at radius 1 is 1.19 bits per heavy atom. The van der Waals surface area contributed by atoms with Gasteiger partial charge in [-0.25, -0.2) is 4.79 Å². The molecular weight excluding hydrogens is 306 g/mol. The van der Waals surface area contributed by atoms with Crippen molar-refractivity contribution in [3.63, 3.8) is 0 Å². The molecular formula is C15H16ClN3OS. The van der Waals surface area contributed by atoms with Gasteiger partial charge in [-0.2, -0.15) is 0 Å². The van der Waals surface area contributed by atoms with E-state index in [0.717, 1.165) is 26.5 Å². The molecule has 1 atom stereocenters. The molecule has 0 fully saturated rings. The molecule has 1 aromatic carbocycles. The van der Waals surface area contributed by atoms with Crippen LogP contribution in [0.15, 0.2) is 34.4 Å². The number of benzene rings is 1. The lowest BCUT2D eigenvalue weighted by molar-refractivity contribution is 0.704. The fourth-order valence-corrected chi connectivity index (χ4v) is 3.97. The minimum Gasteiger partial charge on any atom is -0.309 e. The number of nitrogens with zero attached hydrogens (tertiary/aromatic N) is 2. The molecule has 3 aromatic rings. The second-order valence-corrected chi connectivity index (χ2v) is 6.36. The minimum absolute atomic E-state index is 0.0164. The van der Waals surface area contributed by atoms with Crippen molar-refractivity contribution >= 4 is 34.0 Å². The molecule has 0 aliphatic carbocycles. The van der Waals surface area contributed by atoms with Crippen LogP contribution in [0.2, 0.25) is 5.02 Å². The number of hydrogen-bond donors (Lipinski definition) is 1. The number of fused-ring (bicyclic) bond motifs is 1. The highest BCUT2D eigenvalue weighted by Gasteiger charge is 2.18. The van der Waals surface area contributed by atoms with Gasteiger partial charge in [-0.3, -0.25) is 9.13 Å². The van der Waals surface area contributed by atoms with Crippen LogP contribution in [-0.4, -0.2) is 16.2 Å².